The number of nitrogens with zero attached hydrogens (tertiary/aromatic N) is 1. The molecule has 0 spiro atoms. The summed E-state index contributed by atoms with van der Waals surface area (Å²) in [5, 5.41) is 15.7. The first-order chi connectivity index (χ1) is 16.9. The predicted octanol–water partition coefficient (Wildman–Crippen LogP) is 6.90. The number of thiophene rings is 1. The Morgan fingerprint density at radius 3 is 2.43 bits per heavy atom. The van der Waals surface area contributed by atoms with Gasteiger partial charge in [-0.3, -0.25) is 10.3 Å². The van der Waals surface area contributed by atoms with Gasteiger partial charge < -0.3 is 9.84 Å². The van der Waals surface area contributed by atoms with Crippen LogP contribution in [0.3, 0.4) is 0 Å². The number of halogens is 1. The summed E-state index contributed by atoms with van der Waals surface area (Å²) in [4.78, 5) is 18.9. The Balaban J connectivity index is 1.35. The summed E-state index contributed by atoms with van der Waals surface area (Å²) in [5.74, 6) is -0.00462. The smallest absolute Gasteiger partial charge is 0.413 e. The molecule has 1 aliphatic carbocycles. The van der Waals surface area contributed by atoms with Crippen LogP contribution in [0.15, 0.2) is 69.4 Å². The zero-order chi connectivity index (χ0) is 24.6. The van der Waals surface area contributed by atoms with Crippen LogP contribution in [-0.4, -0.2) is 34.3 Å². The molecule has 35 heavy (non-hydrogen) atoms. The molecular weight excluding hydrogens is 544 g/mol. The molecular formula is C27H27BrN2O3S2. The van der Waals surface area contributed by atoms with Gasteiger partial charge in [0.25, 0.3) is 0 Å². The number of aliphatic imine (C=N–C) groups is 1. The van der Waals surface area contributed by atoms with Crippen LogP contribution in [0.1, 0.15) is 48.6 Å². The van der Waals surface area contributed by atoms with E-state index in [0.29, 0.717) is 11.6 Å². The molecule has 0 fully saturated rings. The molecule has 2 unspecified atom stereocenters. The molecule has 2 aliphatic rings. The van der Waals surface area contributed by atoms with Crippen LogP contribution in [0.25, 0.3) is 11.1 Å². The van der Waals surface area contributed by atoms with Gasteiger partial charge in [-0.25, -0.2) is 4.79 Å². The monoisotopic (exact) mass is 570 g/mol. The first-order valence-electron chi connectivity index (χ1n) is 11.6. The average Bonchev–Trinajstić information content (AvgIpc) is 3.44. The highest BCUT2D eigenvalue weighted by atomic mass is 79.9. The lowest BCUT2D eigenvalue weighted by Gasteiger charge is -2.41. The third-order valence-electron chi connectivity index (χ3n) is 6.91. The van der Waals surface area contributed by atoms with E-state index < -0.39 is 16.4 Å². The quantitative estimate of drug-likeness (QED) is 0.350. The van der Waals surface area contributed by atoms with Crippen LogP contribution in [-0.2, 0) is 10.3 Å². The summed E-state index contributed by atoms with van der Waals surface area (Å²) in [6.45, 7) is 4.36. The van der Waals surface area contributed by atoms with E-state index >= 15 is 0 Å². The van der Waals surface area contributed by atoms with Crippen molar-refractivity contribution in [2.75, 3.05) is 13.2 Å². The van der Waals surface area contributed by atoms with E-state index in [9.17, 15) is 9.90 Å². The predicted molar refractivity (Wildman–Crippen MR) is 147 cm³/mol. The number of carbonyl (C=O) groups excluding carboxylic acids is 1. The second-order valence-corrected chi connectivity index (χ2v) is 12.5. The van der Waals surface area contributed by atoms with E-state index in [1.165, 1.54) is 34.0 Å². The molecule has 0 bridgehead atoms. The standard InChI is InChI=1S/C27H27BrN2O3S2/c1-3-27(16-31)15-26(2,23-12-17(28)14-34-23)30-24(35-27)29-25(32)33-13-22-20-10-6-4-8-18(20)19-9-5-7-11-21(19)22/h4-12,14,22,31H,3,13,15-16H2,1-2H3,(H,29,30,32). The summed E-state index contributed by atoms with van der Waals surface area (Å²) in [7, 11) is 0. The molecule has 2 N–H and O–H groups in total. The van der Waals surface area contributed by atoms with Gasteiger partial charge in [0.15, 0.2) is 5.17 Å². The zero-order valence-electron chi connectivity index (χ0n) is 19.6. The second-order valence-electron chi connectivity index (χ2n) is 9.24. The second kappa shape index (κ2) is 9.73. The molecule has 2 atom stereocenters. The highest BCUT2D eigenvalue weighted by molar-refractivity contribution is 9.10. The Hall–Kier alpha value is -2.13. The molecule has 0 saturated heterocycles. The fourth-order valence-corrected chi connectivity index (χ4v) is 7.95. The van der Waals surface area contributed by atoms with Gasteiger partial charge in [-0.1, -0.05) is 67.2 Å². The lowest BCUT2D eigenvalue weighted by Crippen LogP contribution is -2.46. The normalized spacial score (nSPS) is 23.4. The van der Waals surface area contributed by atoms with E-state index in [0.717, 1.165) is 15.8 Å². The van der Waals surface area contributed by atoms with Gasteiger partial charge in [0.2, 0.25) is 0 Å². The maximum Gasteiger partial charge on any atom is 0.413 e. The number of nitrogens with one attached hydrogen (secondary N) is 1. The van der Waals surface area contributed by atoms with Gasteiger partial charge in [0, 0.05) is 25.4 Å². The van der Waals surface area contributed by atoms with E-state index in [1.54, 1.807) is 11.3 Å². The average molecular weight is 572 g/mol. The first-order valence-corrected chi connectivity index (χ1v) is 14.1. The summed E-state index contributed by atoms with van der Waals surface area (Å²) in [5.41, 5.74) is 4.18. The van der Waals surface area contributed by atoms with Gasteiger partial charge in [-0.05, 0) is 64.0 Å². The number of carbonyl (C=O) groups is 1. The number of thioether (sulfide) groups is 1. The SMILES string of the molecule is CCC1(CO)CC(C)(c2cc(Br)cs2)N=C(NC(=O)OCC2c3ccccc3-c3ccccc32)S1. The number of ether oxygens (including phenoxy) is 1. The van der Waals surface area contributed by atoms with Crippen LogP contribution >= 0.6 is 39.0 Å². The van der Waals surface area contributed by atoms with Crippen LogP contribution < -0.4 is 5.32 Å². The fraction of sp³-hybridized carbons (Fsp3) is 0.333. The molecule has 182 valence electrons. The lowest BCUT2D eigenvalue weighted by molar-refractivity contribution is 0.148. The Bertz CT molecular complexity index is 1240. The minimum absolute atomic E-state index is 0.00168. The highest BCUT2D eigenvalue weighted by Gasteiger charge is 2.45. The minimum atomic E-state index is -0.549. The maximum absolute atomic E-state index is 12.9. The third-order valence-corrected chi connectivity index (χ3v) is 10.2. The van der Waals surface area contributed by atoms with Crippen molar-refractivity contribution >= 4 is 50.3 Å². The molecule has 0 radical (unpaired) electrons. The molecule has 8 heteroatoms. The summed E-state index contributed by atoms with van der Waals surface area (Å²) in [6, 6.07) is 18.6. The van der Waals surface area contributed by atoms with Gasteiger partial charge >= 0.3 is 6.09 Å². The first kappa shape index (κ1) is 24.6. The van der Waals surface area contributed by atoms with Gasteiger partial charge in [0.05, 0.1) is 12.1 Å². The van der Waals surface area contributed by atoms with E-state index in [1.807, 2.05) is 29.6 Å². The Kier molecular flexibility index (Phi) is 6.83. The van der Waals surface area contributed by atoms with Crippen molar-refractivity contribution in [3.63, 3.8) is 0 Å². The topological polar surface area (TPSA) is 70.9 Å². The van der Waals surface area contributed by atoms with Crippen LogP contribution in [0.2, 0.25) is 0 Å². The number of alkyl carbamates (subject to hydrolysis) is 1. The third kappa shape index (κ3) is 4.69. The van der Waals surface area contributed by atoms with Crippen LogP contribution in [0.5, 0.6) is 0 Å². The van der Waals surface area contributed by atoms with Crippen molar-refractivity contribution in [2.45, 2.75) is 42.9 Å². The number of amidine groups is 1. The van der Waals surface area contributed by atoms with Crippen LogP contribution in [0.4, 0.5) is 4.79 Å². The zero-order valence-corrected chi connectivity index (χ0v) is 22.8. The Labute approximate surface area is 222 Å². The molecule has 2 heterocycles. The molecule has 1 aliphatic heterocycles. The lowest BCUT2D eigenvalue weighted by atomic mass is 9.86. The summed E-state index contributed by atoms with van der Waals surface area (Å²) in [6.07, 6.45) is 0.903. The number of fused-ring (bicyclic) bond motifs is 3. The van der Waals surface area contributed by atoms with E-state index in [-0.39, 0.29) is 19.1 Å². The minimum Gasteiger partial charge on any atom is -0.448 e. The Morgan fingerprint density at radius 2 is 1.86 bits per heavy atom. The summed E-state index contributed by atoms with van der Waals surface area (Å²) < 4.78 is 6.32. The number of aliphatic hydroxyl groups excluding tert-OH is 1. The fourth-order valence-electron chi connectivity index (χ4n) is 5.07. The number of benzene rings is 2. The van der Waals surface area contributed by atoms with Gasteiger partial charge in [-0.15, -0.1) is 11.3 Å². The number of rotatable bonds is 5. The molecule has 1 aromatic heterocycles. The van der Waals surface area contributed by atoms with Crippen molar-refractivity contribution in [1.29, 1.82) is 0 Å². The van der Waals surface area contributed by atoms with Gasteiger partial charge in [0.1, 0.15) is 6.61 Å². The molecule has 5 nitrogen and oxygen atoms in total. The number of hydrogen-bond acceptors (Lipinski definition) is 6. The van der Waals surface area contributed by atoms with E-state index in [2.05, 4.69) is 65.4 Å². The van der Waals surface area contributed by atoms with Crippen molar-refractivity contribution in [2.24, 2.45) is 4.99 Å². The molecule has 0 saturated carbocycles. The molecule has 1 amide bonds. The molecule has 5 rings (SSSR count). The van der Waals surface area contributed by atoms with E-state index in [4.69, 9.17) is 9.73 Å². The van der Waals surface area contributed by atoms with Crippen molar-refractivity contribution < 1.29 is 14.6 Å². The number of hydrogen-bond donors (Lipinski definition) is 2. The summed E-state index contributed by atoms with van der Waals surface area (Å²) >= 11 is 6.58. The molecule has 3 aromatic rings. The van der Waals surface area contributed by atoms with Crippen molar-refractivity contribution in [3.05, 3.63) is 80.5 Å². The van der Waals surface area contributed by atoms with Crippen LogP contribution in [0, 0.1) is 0 Å². The van der Waals surface area contributed by atoms with Crippen molar-refractivity contribution in [1.82, 2.24) is 5.32 Å². The number of aliphatic hydroxyl groups is 1. The highest BCUT2D eigenvalue weighted by Crippen LogP contribution is 2.49. The Morgan fingerprint density at radius 1 is 1.20 bits per heavy atom. The molecule has 2 aromatic carbocycles. The van der Waals surface area contributed by atoms with Crippen molar-refractivity contribution in [3.8, 4) is 11.1 Å². The van der Waals surface area contributed by atoms with Gasteiger partial charge in [-0.2, -0.15) is 0 Å². The largest absolute Gasteiger partial charge is 0.448 e. The maximum atomic E-state index is 12.9. The number of amides is 1.